The molecular weight excluding hydrogens is 471 g/mol. The van der Waals surface area contributed by atoms with Crippen molar-refractivity contribution in [1.82, 2.24) is 4.90 Å². The van der Waals surface area contributed by atoms with Gasteiger partial charge in [-0.05, 0) is 0 Å². The number of carbonyl (C=O) groups excluding carboxylic acids is 1. The van der Waals surface area contributed by atoms with E-state index in [1.165, 1.54) is 51.8 Å². The Bertz CT molecular complexity index is 459. The average molecular weight is 519 g/mol. The van der Waals surface area contributed by atoms with E-state index in [-0.39, 0.29) is 11.7 Å². The standard InChI is InChI=1S/C11H21N2O3.3C4H9.Sn/c1-10(2,3)16-9(14)13-6-5-11(7-12,8-13)15-4;3*1-3-4-2;/h4-8,12H2,1-3H3;3*1,3-4H2,2H3;/t11-;;;;/m1..../s1. The van der Waals surface area contributed by atoms with Gasteiger partial charge in [-0.2, -0.15) is 0 Å². The van der Waals surface area contributed by atoms with Crippen LogP contribution in [-0.4, -0.2) is 64.8 Å². The summed E-state index contributed by atoms with van der Waals surface area (Å²) in [5.74, 6) is 0. The zero-order valence-corrected chi connectivity index (χ0v) is 23.0. The van der Waals surface area contributed by atoms with Crippen molar-refractivity contribution in [2.75, 3.05) is 24.3 Å². The van der Waals surface area contributed by atoms with Crippen LogP contribution in [0, 0.1) is 0 Å². The zero-order valence-electron chi connectivity index (χ0n) is 20.1. The Balaban J connectivity index is 2.84. The first kappa shape index (κ1) is 27.0. The predicted octanol–water partition coefficient (Wildman–Crippen LogP) is 5.73. The first-order chi connectivity index (χ1) is 13.6. The molecule has 0 aromatic carbocycles. The van der Waals surface area contributed by atoms with Gasteiger partial charge in [-0.15, -0.1) is 0 Å². The quantitative estimate of drug-likeness (QED) is 0.316. The van der Waals surface area contributed by atoms with Crippen LogP contribution in [-0.2, 0) is 9.47 Å². The van der Waals surface area contributed by atoms with Crippen molar-refractivity contribution in [3.05, 3.63) is 0 Å². The van der Waals surface area contributed by atoms with E-state index in [1.807, 2.05) is 20.8 Å². The van der Waals surface area contributed by atoms with E-state index < -0.39 is 24.0 Å². The van der Waals surface area contributed by atoms with Crippen LogP contribution in [0.4, 0.5) is 4.79 Å². The van der Waals surface area contributed by atoms with E-state index in [9.17, 15) is 4.79 Å². The molecule has 2 N–H and O–H groups in total. The number of ether oxygens (including phenoxy) is 2. The third-order valence-electron chi connectivity index (χ3n) is 6.21. The Kier molecular flexibility index (Phi) is 11.9. The van der Waals surface area contributed by atoms with Crippen molar-refractivity contribution in [1.29, 1.82) is 0 Å². The van der Waals surface area contributed by atoms with Crippen molar-refractivity contribution in [2.45, 2.75) is 111 Å². The summed E-state index contributed by atoms with van der Waals surface area (Å²) in [7, 11) is 0. The number of unbranched alkanes of at least 4 members (excludes halogenated alkanes) is 3. The van der Waals surface area contributed by atoms with E-state index in [0.29, 0.717) is 19.6 Å². The summed E-state index contributed by atoms with van der Waals surface area (Å²) in [6.45, 7) is 14.3. The van der Waals surface area contributed by atoms with Crippen molar-refractivity contribution in [3.63, 3.8) is 0 Å². The van der Waals surface area contributed by atoms with Crippen LogP contribution in [0.25, 0.3) is 0 Å². The van der Waals surface area contributed by atoms with Gasteiger partial charge >= 0.3 is 185 Å². The molecule has 1 aliphatic heterocycles. The third kappa shape index (κ3) is 9.34. The molecule has 1 aliphatic rings. The number of hydrogen-bond acceptors (Lipinski definition) is 4. The van der Waals surface area contributed by atoms with Crippen LogP contribution in [0.1, 0.15) is 86.5 Å². The average Bonchev–Trinajstić information content (AvgIpc) is 3.11. The molecule has 172 valence electrons. The Labute approximate surface area is 184 Å². The van der Waals surface area contributed by atoms with Crippen LogP contribution in [0.3, 0.4) is 0 Å². The van der Waals surface area contributed by atoms with E-state index in [0.717, 1.165) is 11.0 Å². The number of rotatable bonds is 13. The van der Waals surface area contributed by atoms with Crippen molar-refractivity contribution in [2.24, 2.45) is 5.73 Å². The molecule has 1 fully saturated rings. The summed E-state index contributed by atoms with van der Waals surface area (Å²) < 4.78 is 17.6. The number of amides is 1. The van der Waals surface area contributed by atoms with Crippen LogP contribution >= 0.6 is 0 Å². The van der Waals surface area contributed by atoms with Gasteiger partial charge in [0.15, 0.2) is 0 Å². The summed E-state index contributed by atoms with van der Waals surface area (Å²) in [5.41, 5.74) is 5.35. The predicted molar refractivity (Wildman–Crippen MR) is 125 cm³/mol. The van der Waals surface area contributed by atoms with Gasteiger partial charge in [0.25, 0.3) is 0 Å². The minimum atomic E-state index is -2.37. The normalized spacial score (nSPS) is 20.3. The summed E-state index contributed by atoms with van der Waals surface area (Å²) >= 11 is -2.37. The van der Waals surface area contributed by atoms with Crippen molar-refractivity contribution >= 4 is 24.5 Å². The molecule has 29 heavy (non-hydrogen) atoms. The molecule has 6 heteroatoms. The SMILES string of the molecule is CCC[CH2][Sn]([CH2]CCC)([CH2]CCC)[CH2]O[C@@]1(CN)CCN(C(=O)OC(C)(C)C)C1. The number of nitrogens with zero attached hydrogens (tertiary/aromatic N) is 1. The fourth-order valence-electron chi connectivity index (χ4n) is 4.22. The first-order valence-corrected chi connectivity index (χ1v) is 20.0. The summed E-state index contributed by atoms with van der Waals surface area (Å²) in [4.78, 5) is 14.3. The molecule has 5 nitrogen and oxygen atoms in total. The molecule has 1 amide bonds. The molecule has 1 rings (SSSR count). The zero-order chi connectivity index (χ0) is 22.0. The van der Waals surface area contributed by atoms with Gasteiger partial charge in [0.2, 0.25) is 0 Å². The molecule has 1 saturated heterocycles. The van der Waals surface area contributed by atoms with Gasteiger partial charge in [-0.3, -0.25) is 0 Å². The number of hydrogen-bond donors (Lipinski definition) is 1. The number of nitrogens with two attached hydrogens (primary N) is 1. The Morgan fingerprint density at radius 2 is 1.55 bits per heavy atom. The second kappa shape index (κ2) is 12.7. The molecule has 0 aliphatic carbocycles. The Morgan fingerprint density at radius 1 is 1.03 bits per heavy atom. The molecule has 0 radical (unpaired) electrons. The number of carbonyl (C=O) groups is 1. The van der Waals surface area contributed by atoms with E-state index in [2.05, 4.69) is 20.8 Å². The fourth-order valence-corrected chi connectivity index (χ4v) is 18.8. The van der Waals surface area contributed by atoms with E-state index in [1.54, 1.807) is 4.90 Å². The van der Waals surface area contributed by atoms with Crippen LogP contribution in [0.2, 0.25) is 13.3 Å². The van der Waals surface area contributed by atoms with Crippen LogP contribution < -0.4 is 5.73 Å². The second-order valence-corrected chi connectivity index (χ2v) is 23.8. The monoisotopic (exact) mass is 520 g/mol. The minimum absolute atomic E-state index is 0.242. The maximum absolute atomic E-state index is 12.5. The second-order valence-electron chi connectivity index (χ2n) is 10.1. The van der Waals surface area contributed by atoms with Crippen LogP contribution in [0.5, 0.6) is 0 Å². The molecular formula is C23H48N2O3Sn. The van der Waals surface area contributed by atoms with Crippen LogP contribution in [0.15, 0.2) is 0 Å². The Hall–Kier alpha value is -0.0113. The van der Waals surface area contributed by atoms with Gasteiger partial charge in [0.1, 0.15) is 0 Å². The van der Waals surface area contributed by atoms with Gasteiger partial charge in [0, 0.05) is 0 Å². The molecule has 0 aromatic heterocycles. The van der Waals surface area contributed by atoms with Gasteiger partial charge in [-0.25, -0.2) is 0 Å². The van der Waals surface area contributed by atoms with E-state index in [4.69, 9.17) is 15.2 Å². The molecule has 0 unspecified atom stereocenters. The summed E-state index contributed by atoms with van der Waals surface area (Å²) in [6.07, 6.45) is 8.41. The molecule has 1 heterocycles. The van der Waals surface area contributed by atoms with Crippen molar-refractivity contribution < 1.29 is 14.3 Å². The number of likely N-dealkylation sites (tertiary alicyclic amines) is 1. The first-order valence-electron chi connectivity index (χ1n) is 12.0. The third-order valence-corrected chi connectivity index (χ3v) is 20.5. The topological polar surface area (TPSA) is 64.8 Å². The van der Waals surface area contributed by atoms with Gasteiger partial charge in [-0.1, -0.05) is 0 Å². The van der Waals surface area contributed by atoms with Gasteiger partial charge < -0.3 is 0 Å². The van der Waals surface area contributed by atoms with Gasteiger partial charge in [0.05, 0.1) is 0 Å². The summed E-state index contributed by atoms with van der Waals surface area (Å²) in [5, 5.41) is 0. The molecule has 0 bridgehead atoms. The van der Waals surface area contributed by atoms with E-state index >= 15 is 0 Å². The molecule has 0 spiro atoms. The molecule has 0 aromatic rings. The Morgan fingerprint density at radius 3 is 1.97 bits per heavy atom. The molecule has 1 atom stereocenters. The maximum atomic E-state index is 12.5. The fraction of sp³-hybridized carbons (Fsp3) is 0.957. The molecule has 0 saturated carbocycles. The summed E-state index contributed by atoms with van der Waals surface area (Å²) in [6, 6.07) is 0. The van der Waals surface area contributed by atoms with Crippen molar-refractivity contribution in [3.8, 4) is 0 Å².